The minimum Gasteiger partial charge on any atom is -0.465 e. The lowest BCUT2D eigenvalue weighted by Gasteiger charge is -2.17. The fourth-order valence-corrected chi connectivity index (χ4v) is 3.51. The predicted octanol–water partition coefficient (Wildman–Crippen LogP) is 2.38. The number of hydrogen-bond acceptors (Lipinski definition) is 4. The first-order valence-electron chi connectivity index (χ1n) is 8.43. The van der Waals surface area contributed by atoms with Crippen molar-refractivity contribution < 1.29 is 9.90 Å². The molecule has 1 N–H and O–H groups in total. The van der Waals surface area contributed by atoms with Crippen LogP contribution in [0.25, 0.3) is 16.8 Å². The van der Waals surface area contributed by atoms with E-state index in [-0.39, 0.29) is 5.92 Å². The highest BCUT2D eigenvalue weighted by molar-refractivity contribution is 5.65. The third kappa shape index (κ3) is 2.95. The zero-order valence-corrected chi connectivity index (χ0v) is 14.0. The van der Waals surface area contributed by atoms with Gasteiger partial charge in [-0.05, 0) is 25.3 Å². The van der Waals surface area contributed by atoms with Gasteiger partial charge in [0.2, 0.25) is 0 Å². The molecule has 0 aliphatic carbocycles. The number of rotatable bonds is 2. The topological polar surface area (TPSA) is 88.5 Å². The van der Waals surface area contributed by atoms with E-state index in [4.69, 9.17) is 4.98 Å². The molecule has 1 unspecified atom stereocenters. The van der Waals surface area contributed by atoms with E-state index in [1.807, 2.05) is 30.0 Å². The quantitative estimate of drug-likeness (QED) is 0.774. The molecule has 0 aromatic carbocycles. The second-order valence-electron chi connectivity index (χ2n) is 6.47. The normalized spacial score (nSPS) is 18.4. The molecule has 1 atom stereocenters. The van der Waals surface area contributed by atoms with Crippen molar-refractivity contribution in [2.24, 2.45) is 7.05 Å². The van der Waals surface area contributed by atoms with Crippen LogP contribution >= 0.6 is 0 Å². The van der Waals surface area contributed by atoms with Crippen LogP contribution in [0.15, 0.2) is 30.9 Å². The third-order valence-corrected chi connectivity index (χ3v) is 4.80. The summed E-state index contributed by atoms with van der Waals surface area (Å²) in [5.74, 6) is 0.222. The van der Waals surface area contributed by atoms with Crippen molar-refractivity contribution in [1.29, 1.82) is 0 Å². The van der Waals surface area contributed by atoms with Crippen molar-refractivity contribution >= 4 is 11.6 Å². The van der Waals surface area contributed by atoms with E-state index in [0.717, 1.165) is 41.7 Å². The van der Waals surface area contributed by atoms with Gasteiger partial charge >= 0.3 is 6.09 Å². The number of amides is 1. The average Bonchev–Trinajstić information content (AvgIpc) is 3.16. The Bertz CT molecular complexity index is 915. The molecule has 0 saturated carbocycles. The average molecular weight is 340 g/mol. The SMILES string of the molecule is Cn1cc(-c2cn3nccc3c(C3CCCN(C(=O)O)CC3)n2)cn1. The zero-order chi connectivity index (χ0) is 17.4. The molecule has 1 aliphatic rings. The van der Waals surface area contributed by atoms with Crippen molar-refractivity contribution in [3.05, 3.63) is 36.5 Å². The largest absolute Gasteiger partial charge is 0.465 e. The summed E-state index contributed by atoms with van der Waals surface area (Å²) in [6, 6.07) is 1.97. The molecule has 1 amide bonds. The fraction of sp³-hybridized carbons (Fsp3) is 0.412. The van der Waals surface area contributed by atoms with E-state index in [2.05, 4.69) is 10.2 Å². The maximum Gasteiger partial charge on any atom is 0.407 e. The Labute approximate surface area is 144 Å². The Morgan fingerprint density at radius 3 is 2.88 bits per heavy atom. The number of likely N-dealkylation sites (tertiary alicyclic amines) is 1. The summed E-state index contributed by atoms with van der Waals surface area (Å²) in [4.78, 5) is 17.7. The number of carbonyl (C=O) groups is 1. The van der Waals surface area contributed by atoms with Crippen LogP contribution in [0, 0.1) is 0 Å². The maximum absolute atomic E-state index is 11.2. The minimum absolute atomic E-state index is 0.222. The molecular weight excluding hydrogens is 320 g/mol. The molecule has 130 valence electrons. The summed E-state index contributed by atoms with van der Waals surface area (Å²) in [6.07, 6.45) is 9.11. The number of hydrogen-bond donors (Lipinski definition) is 1. The highest BCUT2D eigenvalue weighted by atomic mass is 16.4. The summed E-state index contributed by atoms with van der Waals surface area (Å²) >= 11 is 0. The second kappa shape index (κ2) is 6.19. The first kappa shape index (κ1) is 15.6. The lowest BCUT2D eigenvalue weighted by Crippen LogP contribution is -2.30. The van der Waals surface area contributed by atoms with Gasteiger partial charge in [-0.2, -0.15) is 10.2 Å². The van der Waals surface area contributed by atoms with Gasteiger partial charge < -0.3 is 10.0 Å². The fourth-order valence-electron chi connectivity index (χ4n) is 3.51. The third-order valence-electron chi connectivity index (χ3n) is 4.80. The van der Waals surface area contributed by atoms with E-state index in [9.17, 15) is 9.90 Å². The highest BCUT2D eigenvalue weighted by Gasteiger charge is 2.24. The van der Waals surface area contributed by atoms with Crippen LogP contribution in [0.2, 0.25) is 0 Å². The summed E-state index contributed by atoms with van der Waals surface area (Å²) in [5.41, 5.74) is 3.76. The molecule has 4 heterocycles. The molecule has 0 spiro atoms. The van der Waals surface area contributed by atoms with Crippen molar-refractivity contribution in [1.82, 2.24) is 29.3 Å². The number of fused-ring (bicyclic) bond motifs is 1. The number of aryl methyl sites for hydroxylation is 1. The molecule has 1 aliphatic heterocycles. The van der Waals surface area contributed by atoms with Gasteiger partial charge in [0, 0.05) is 37.8 Å². The lowest BCUT2D eigenvalue weighted by atomic mass is 9.95. The van der Waals surface area contributed by atoms with Crippen LogP contribution in [0.4, 0.5) is 4.79 Å². The summed E-state index contributed by atoms with van der Waals surface area (Å²) < 4.78 is 3.60. The summed E-state index contributed by atoms with van der Waals surface area (Å²) in [6.45, 7) is 1.13. The van der Waals surface area contributed by atoms with Crippen molar-refractivity contribution in [3.63, 3.8) is 0 Å². The Kier molecular flexibility index (Phi) is 3.87. The van der Waals surface area contributed by atoms with E-state index in [0.29, 0.717) is 13.1 Å². The lowest BCUT2D eigenvalue weighted by molar-refractivity contribution is 0.147. The Hall–Kier alpha value is -2.90. The highest BCUT2D eigenvalue weighted by Crippen LogP contribution is 2.31. The molecule has 25 heavy (non-hydrogen) atoms. The van der Waals surface area contributed by atoms with Crippen LogP contribution in [-0.4, -0.2) is 53.6 Å². The Balaban J connectivity index is 1.73. The molecule has 3 aromatic rings. The molecule has 8 nitrogen and oxygen atoms in total. The number of aromatic nitrogens is 5. The van der Waals surface area contributed by atoms with E-state index in [1.165, 1.54) is 4.90 Å². The van der Waals surface area contributed by atoms with Gasteiger partial charge in [-0.3, -0.25) is 4.68 Å². The van der Waals surface area contributed by atoms with Gasteiger partial charge in [-0.15, -0.1) is 0 Å². The molecular formula is C17H20N6O2. The minimum atomic E-state index is -0.841. The van der Waals surface area contributed by atoms with Gasteiger partial charge in [-0.25, -0.2) is 14.3 Å². The van der Waals surface area contributed by atoms with Crippen LogP contribution in [0.5, 0.6) is 0 Å². The first-order valence-corrected chi connectivity index (χ1v) is 8.43. The molecule has 1 saturated heterocycles. The first-order chi connectivity index (χ1) is 12.1. The second-order valence-corrected chi connectivity index (χ2v) is 6.47. The molecule has 0 radical (unpaired) electrons. The smallest absolute Gasteiger partial charge is 0.407 e. The van der Waals surface area contributed by atoms with Gasteiger partial charge in [-0.1, -0.05) is 0 Å². The van der Waals surface area contributed by atoms with E-state index >= 15 is 0 Å². The summed E-state index contributed by atoms with van der Waals surface area (Å²) in [5, 5.41) is 17.8. The van der Waals surface area contributed by atoms with Crippen LogP contribution in [-0.2, 0) is 7.05 Å². The van der Waals surface area contributed by atoms with Gasteiger partial charge in [0.1, 0.15) is 0 Å². The summed E-state index contributed by atoms with van der Waals surface area (Å²) in [7, 11) is 1.88. The van der Waals surface area contributed by atoms with Crippen molar-refractivity contribution in [2.75, 3.05) is 13.1 Å². The molecule has 8 heteroatoms. The maximum atomic E-state index is 11.2. The van der Waals surface area contributed by atoms with E-state index in [1.54, 1.807) is 17.1 Å². The standard InChI is InChI=1S/C17H20N6O2/c1-21-10-13(9-19-21)14-11-23-15(4-6-18-23)16(20-14)12-3-2-7-22(8-5-12)17(24)25/h4,6,9-12H,2-3,5,7-8H2,1H3,(H,24,25). The van der Waals surface area contributed by atoms with Gasteiger partial charge in [0.25, 0.3) is 0 Å². The molecule has 1 fully saturated rings. The molecule has 0 bridgehead atoms. The van der Waals surface area contributed by atoms with Crippen LogP contribution in [0.3, 0.4) is 0 Å². The van der Waals surface area contributed by atoms with Crippen molar-refractivity contribution in [3.8, 4) is 11.3 Å². The molecule has 3 aromatic heterocycles. The monoisotopic (exact) mass is 340 g/mol. The van der Waals surface area contributed by atoms with Gasteiger partial charge in [0.05, 0.1) is 35.5 Å². The number of carboxylic acid groups (broad SMARTS) is 1. The molecule has 4 rings (SSSR count). The van der Waals surface area contributed by atoms with E-state index < -0.39 is 6.09 Å². The number of nitrogens with zero attached hydrogens (tertiary/aromatic N) is 6. The Morgan fingerprint density at radius 2 is 2.12 bits per heavy atom. The van der Waals surface area contributed by atoms with Crippen LogP contribution < -0.4 is 0 Å². The van der Waals surface area contributed by atoms with Crippen LogP contribution in [0.1, 0.15) is 30.9 Å². The van der Waals surface area contributed by atoms with Gasteiger partial charge in [0.15, 0.2) is 0 Å². The predicted molar refractivity (Wildman–Crippen MR) is 91.4 cm³/mol. The zero-order valence-electron chi connectivity index (χ0n) is 14.0. The Morgan fingerprint density at radius 1 is 1.24 bits per heavy atom. The van der Waals surface area contributed by atoms with Crippen molar-refractivity contribution in [2.45, 2.75) is 25.2 Å².